The van der Waals surface area contributed by atoms with Crippen molar-refractivity contribution in [2.75, 3.05) is 9.80 Å². The normalized spacial score (nSPS) is 13.8. The van der Waals surface area contributed by atoms with Crippen LogP contribution in [0.4, 0.5) is 34.1 Å². The average molecular weight is 739 g/mol. The number of thiophene rings is 1. The van der Waals surface area contributed by atoms with Crippen LogP contribution in [0.1, 0.15) is 52.7 Å². The molecule has 0 bridgehead atoms. The quantitative estimate of drug-likeness (QED) is 0.163. The number of hydrogen-bond acceptors (Lipinski definition) is 3. The summed E-state index contributed by atoms with van der Waals surface area (Å²) in [4.78, 5) is 5.22. The predicted molar refractivity (Wildman–Crippen MR) is 246 cm³/mol. The van der Waals surface area contributed by atoms with Crippen LogP contribution < -0.4 is 26.2 Å². The highest BCUT2D eigenvalue weighted by molar-refractivity contribution is 7.28. The van der Waals surface area contributed by atoms with E-state index in [0.717, 1.165) is 0 Å². The second-order valence-electron chi connectivity index (χ2n) is 17.7. The Morgan fingerprint density at radius 1 is 0.393 bits per heavy atom. The third-order valence-corrected chi connectivity index (χ3v) is 13.4. The van der Waals surface area contributed by atoms with E-state index in [1.54, 1.807) is 0 Å². The fourth-order valence-electron chi connectivity index (χ4n) is 10.1. The standard InChI is InChI=1S/C52H43BN2S/c1-51(2,3)46-34-18-9-7-16-32(34)26-29-40(46)54-39-22-13-12-21-38(39)53-48-42(54)23-15-24-43(48)55(41-30-27-33-17-8-10-19-35(33)47(41)52(4,5)6)44-31-28-37-36-20-11-14-25-45(36)56-50(37)49(44)53/h7-31H,1-6H3. The summed E-state index contributed by atoms with van der Waals surface area (Å²) in [6.07, 6.45) is 0. The van der Waals surface area contributed by atoms with Gasteiger partial charge < -0.3 is 9.80 Å². The Kier molecular flexibility index (Phi) is 7.08. The van der Waals surface area contributed by atoms with Crippen LogP contribution in [0, 0.1) is 0 Å². The number of fused-ring (bicyclic) bond motifs is 10. The maximum atomic E-state index is 2.62. The van der Waals surface area contributed by atoms with Gasteiger partial charge in [0.15, 0.2) is 0 Å². The summed E-state index contributed by atoms with van der Waals surface area (Å²) in [5, 5.41) is 7.84. The molecule has 0 spiro atoms. The molecule has 2 nitrogen and oxygen atoms in total. The van der Waals surface area contributed by atoms with Crippen LogP contribution in [0.2, 0.25) is 0 Å². The van der Waals surface area contributed by atoms with E-state index in [-0.39, 0.29) is 17.5 Å². The van der Waals surface area contributed by atoms with Gasteiger partial charge in [-0.3, -0.25) is 0 Å². The van der Waals surface area contributed by atoms with Crippen LogP contribution in [-0.4, -0.2) is 6.71 Å². The van der Waals surface area contributed by atoms with Gasteiger partial charge in [-0.1, -0.05) is 151 Å². The fraction of sp³-hybridized carbons (Fsp3) is 0.154. The average Bonchev–Trinajstić information content (AvgIpc) is 3.58. The summed E-state index contributed by atoms with van der Waals surface area (Å²) >= 11 is 1.95. The molecule has 9 aromatic rings. The van der Waals surface area contributed by atoms with E-state index in [9.17, 15) is 0 Å². The largest absolute Gasteiger partial charge is 0.311 e. The van der Waals surface area contributed by atoms with Crippen molar-refractivity contribution in [3.63, 3.8) is 0 Å². The molecule has 0 unspecified atom stereocenters. The van der Waals surface area contributed by atoms with E-state index in [4.69, 9.17) is 0 Å². The zero-order chi connectivity index (χ0) is 38.1. The molecule has 270 valence electrons. The predicted octanol–water partition coefficient (Wildman–Crippen LogP) is 13.0. The van der Waals surface area contributed by atoms with Crippen molar-refractivity contribution in [1.29, 1.82) is 0 Å². The van der Waals surface area contributed by atoms with Crippen LogP contribution in [0.5, 0.6) is 0 Å². The lowest BCUT2D eigenvalue weighted by atomic mass is 9.33. The zero-order valence-corrected chi connectivity index (χ0v) is 33.6. The molecule has 0 aliphatic carbocycles. The van der Waals surface area contributed by atoms with Gasteiger partial charge in [0.25, 0.3) is 6.71 Å². The molecule has 1 aromatic heterocycles. The first-order valence-electron chi connectivity index (χ1n) is 19.9. The molecule has 4 heteroatoms. The van der Waals surface area contributed by atoms with E-state index in [1.807, 2.05) is 11.3 Å². The third kappa shape index (κ3) is 4.69. The highest BCUT2D eigenvalue weighted by Gasteiger charge is 2.45. The zero-order valence-electron chi connectivity index (χ0n) is 32.8. The number of nitrogens with zero attached hydrogens (tertiary/aromatic N) is 2. The first kappa shape index (κ1) is 33.5. The highest BCUT2D eigenvalue weighted by Crippen LogP contribution is 2.51. The third-order valence-electron chi connectivity index (χ3n) is 12.2. The van der Waals surface area contributed by atoms with Gasteiger partial charge in [-0.05, 0) is 108 Å². The summed E-state index contributed by atoms with van der Waals surface area (Å²) < 4.78 is 2.71. The summed E-state index contributed by atoms with van der Waals surface area (Å²) in [7, 11) is 0. The lowest BCUT2D eigenvalue weighted by Crippen LogP contribution is -2.61. The van der Waals surface area contributed by atoms with Crippen molar-refractivity contribution in [1.82, 2.24) is 0 Å². The monoisotopic (exact) mass is 738 g/mol. The molecule has 2 aliphatic heterocycles. The number of para-hydroxylation sites is 1. The molecule has 8 aromatic carbocycles. The fourth-order valence-corrected chi connectivity index (χ4v) is 11.4. The van der Waals surface area contributed by atoms with Gasteiger partial charge in [0, 0.05) is 37.5 Å². The number of rotatable bonds is 2. The number of benzene rings is 8. The second kappa shape index (κ2) is 11.8. The molecular formula is C52H43BN2S. The molecule has 0 fully saturated rings. The van der Waals surface area contributed by atoms with Gasteiger partial charge >= 0.3 is 0 Å². The Balaban J connectivity index is 1.29. The topological polar surface area (TPSA) is 6.48 Å². The first-order chi connectivity index (χ1) is 27.1. The minimum atomic E-state index is -0.116. The van der Waals surface area contributed by atoms with Gasteiger partial charge in [0.05, 0.1) is 11.4 Å². The summed E-state index contributed by atoms with van der Waals surface area (Å²) in [5.41, 5.74) is 14.1. The minimum Gasteiger partial charge on any atom is -0.311 e. The van der Waals surface area contributed by atoms with Crippen molar-refractivity contribution >= 4 is 110 Å². The second-order valence-corrected chi connectivity index (χ2v) is 18.8. The Hall–Kier alpha value is -5.84. The van der Waals surface area contributed by atoms with E-state index in [0.29, 0.717) is 0 Å². The molecule has 3 heterocycles. The van der Waals surface area contributed by atoms with Crippen molar-refractivity contribution < 1.29 is 0 Å². The van der Waals surface area contributed by atoms with Gasteiger partial charge in [-0.25, -0.2) is 0 Å². The van der Waals surface area contributed by atoms with Gasteiger partial charge in [0.1, 0.15) is 0 Å². The molecule has 0 radical (unpaired) electrons. The number of anilines is 6. The lowest BCUT2D eigenvalue weighted by molar-refractivity contribution is 0.596. The Morgan fingerprint density at radius 3 is 1.50 bits per heavy atom. The van der Waals surface area contributed by atoms with Gasteiger partial charge in [-0.2, -0.15) is 0 Å². The maximum Gasteiger partial charge on any atom is 0.254 e. The first-order valence-corrected chi connectivity index (χ1v) is 20.7. The Morgan fingerprint density at radius 2 is 0.875 bits per heavy atom. The molecule has 2 aliphatic rings. The smallest absolute Gasteiger partial charge is 0.254 e. The van der Waals surface area contributed by atoms with E-state index in [2.05, 4.69) is 203 Å². The SMILES string of the molecule is CC(C)(C)c1c(N2c3ccccc3B3c4c2cccc4N(c2ccc4ccccc4c2C(C)(C)C)c2ccc4c(sc5ccccc54)c23)ccc2ccccc12. The highest BCUT2D eigenvalue weighted by atomic mass is 32.1. The summed E-state index contributed by atoms with van der Waals surface area (Å²) in [5.74, 6) is 0. The van der Waals surface area contributed by atoms with Crippen LogP contribution >= 0.6 is 11.3 Å². The molecule has 0 atom stereocenters. The maximum absolute atomic E-state index is 2.62. The Bertz CT molecular complexity index is 3070. The molecule has 0 saturated heterocycles. The molecular weight excluding hydrogens is 695 g/mol. The van der Waals surface area contributed by atoms with E-state index in [1.165, 1.54) is 103 Å². The minimum absolute atomic E-state index is 0.0498. The van der Waals surface area contributed by atoms with Crippen LogP contribution in [0.15, 0.2) is 152 Å². The molecule has 0 N–H and O–H groups in total. The summed E-state index contributed by atoms with van der Waals surface area (Å²) in [6.45, 7) is 14.2. The van der Waals surface area contributed by atoms with E-state index < -0.39 is 0 Å². The molecule has 0 amide bonds. The molecule has 11 rings (SSSR count). The van der Waals surface area contributed by atoms with Crippen LogP contribution in [0.25, 0.3) is 41.7 Å². The van der Waals surface area contributed by atoms with Crippen molar-refractivity contribution in [2.24, 2.45) is 0 Å². The van der Waals surface area contributed by atoms with Crippen molar-refractivity contribution in [3.8, 4) is 0 Å². The van der Waals surface area contributed by atoms with Crippen molar-refractivity contribution in [3.05, 3.63) is 163 Å². The van der Waals surface area contributed by atoms with Crippen LogP contribution in [0.3, 0.4) is 0 Å². The molecule has 56 heavy (non-hydrogen) atoms. The lowest BCUT2D eigenvalue weighted by Gasteiger charge is -2.46. The Labute approximate surface area is 333 Å². The van der Waals surface area contributed by atoms with Gasteiger partial charge in [-0.15, -0.1) is 11.3 Å². The van der Waals surface area contributed by atoms with Crippen molar-refractivity contribution in [2.45, 2.75) is 52.4 Å². The van der Waals surface area contributed by atoms with Gasteiger partial charge in [0.2, 0.25) is 0 Å². The van der Waals surface area contributed by atoms with Crippen LogP contribution in [-0.2, 0) is 10.8 Å². The summed E-state index contributed by atoms with van der Waals surface area (Å²) in [6, 6.07) is 57.2. The van der Waals surface area contributed by atoms with E-state index >= 15 is 0 Å². The number of hydrogen-bond donors (Lipinski definition) is 0. The molecule has 0 saturated carbocycles.